The van der Waals surface area contributed by atoms with Crippen LogP contribution in [-0.4, -0.2) is 0 Å². The Morgan fingerprint density at radius 3 is 2.12 bits per heavy atom. The Morgan fingerprint density at radius 1 is 0.875 bits per heavy atom. The fourth-order valence-electron chi connectivity index (χ4n) is 1.72. The van der Waals surface area contributed by atoms with Gasteiger partial charge in [-0.15, -0.1) is 0 Å². The van der Waals surface area contributed by atoms with E-state index >= 15 is 0 Å². The molecule has 0 nitrogen and oxygen atoms in total. The minimum atomic E-state index is 0.987. The van der Waals surface area contributed by atoms with E-state index in [-0.39, 0.29) is 0 Å². The number of hydrogen-bond donors (Lipinski definition) is 0. The number of hydrogen-bond acceptors (Lipinski definition) is 0. The maximum absolute atomic E-state index is 3.62. The van der Waals surface area contributed by atoms with E-state index in [4.69, 9.17) is 0 Å². The van der Waals surface area contributed by atoms with E-state index in [0.29, 0.717) is 0 Å². The number of aryl methyl sites for hydroxylation is 2. The van der Waals surface area contributed by atoms with Crippen molar-refractivity contribution in [2.24, 2.45) is 0 Å². The largest absolute Gasteiger partial charge is 0.0590 e. The van der Waals surface area contributed by atoms with E-state index in [1.165, 1.54) is 26.7 Å². The maximum atomic E-state index is 3.62. The summed E-state index contributed by atoms with van der Waals surface area (Å²) in [5.41, 5.74) is 5.30. The van der Waals surface area contributed by atoms with Crippen LogP contribution >= 0.6 is 15.9 Å². The fraction of sp³-hybridized carbons (Fsp3) is 0.200. The number of benzene rings is 2. The van der Waals surface area contributed by atoms with Gasteiger partial charge in [-0.25, -0.2) is 0 Å². The molecule has 16 heavy (non-hydrogen) atoms. The topological polar surface area (TPSA) is 0 Å². The van der Waals surface area contributed by atoms with Gasteiger partial charge in [-0.1, -0.05) is 57.9 Å². The van der Waals surface area contributed by atoms with Gasteiger partial charge in [0.05, 0.1) is 0 Å². The van der Waals surface area contributed by atoms with Crippen LogP contribution < -0.4 is 0 Å². The lowest BCUT2D eigenvalue weighted by atomic mass is 10.0. The van der Waals surface area contributed by atoms with Crippen molar-refractivity contribution in [2.45, 2.75) is 20.3 Å². The number of halogens is 1. The third-order valence-corrected chi connectivity index (χ3v) is 3.46. The molecule has 2 rings (SSSR count). The van der Waals surface area contributed by atoms with Crippen LogP contribution in [0.5, 0.6) is 0 Å². The second-order valence-corrected chi connectivity index (χ2v) is 5.11. The third kappa shape index (κ3) is 2.73. The first-order valence-corrected chi connectivity index (χ1v) is 6.25. The van der Waals surface area contributed by atoms with Crippen LogP contribution in [0.1, 0.15) is 22.3 Å². The molecule has 0 atom stereocenters. The molecule has 0 aliphatic heterocycles. The van der Waals surface area contributed by atoms with Gasteiger partial charge in [-0.3, -0.25) is 0 Å². The highest BCUT2D eigenvalue weighted by atomic mass is 79.9. The van der Waals surface area contributed by atoms with Gasteiger partial charge < -0.3 is 0 Å². The third-order valence-electron chi connectivity index (χ3n) is 2.72. The van der Waals surface area contributed by atoms with Crippen molar-refractivity contribution >= 4 is 15.9 Å². The van der Waals surface area contributed by atoms with E-state index in [0.717, 1.165) is 6.42 Å². The highest BCUT2D eigenvalue weighted by molar-refractivity contribution is 9.10. The molecule has 0 saturated heterocycles. The number of rotatable bonds is 2. The predicted octanol–water partition coefficient (Wildman–Crippen LogP) is 4.66. The molecule has 0 unspecified atom stereocenters. The first kappa shape index (κ1) is 11.4. The van der Waals surface area contributed by atoms with E-state index in [2.05, 4.69) is 72.2 Å². The van der Waals surface area contributed by atoms with Crippen molar-refractivity contribution in [3.8, 4) is 0 Å². The molecule has 0 bridgehead atoms. The normalized spacial score (nSPS) is 10.4. The second kappa shape index (κ2) is 4.84. The molecule has 0 aliphatic rings. The average Bonchev–Trinajstić information content (AvgIpc) is 2.25. The van der Waals surface area contributed by atoms with Crippen molar-refractivity contribution in [3.05, 3.63) is 69.2 Å². The Kier molecular flexibility index (Phi) is 3.45. The van der Waals surface area contributed by atoms with Gasteiger partial charge in [0.15, 0.2) is 0 Å². The first-order chi connectivity index (χ1) is 7.65. The van der Waals surface area contributed by atoms with Crippen LogP contribution in [0, 0.1) is 13.8 Å². The van der Waals surface area contributed by atoms with Crippen LogP contribution in [0.2, 0.25) is 0 Å². The monoisotopic (exact) mass is 274 g/mol. The van der Waals surface area contributed by atoms with Crippen LogP contribution in [0.4, 0.5) is 0 Å². The van der Waals surface area contributed by atoms with Crippen LogP contribution in [0.25, 0.3) is 0 Å². The van der Waals surface area contributed by atoms with Crippen LogP contribution in [0.3, 0.4) is 0 Å². The molecule has 0 N–H and O–H groups in total. The van der Waals surface area contributed by atoms with Crippen molar-refractivity contribution in [1.82, 2.24) is 0 Å². The van der Waals surface area contributed by atoms with Gasteiger partial charge in [0.25, 0.3) is 0 Å². The zero-order chi connectivity index (χ0) is 11.5. The maximum Gasteiger partial charge on any atom is 0.0213 e. The zero-order valence-electron chi connectivity index (χ0n) is 9.63. The highest BCUT2D eigenvalue weighted by Crippen LogP contribution is 2.21. The summed E-state index contributed by atoms with van der Waals surface area (Å²) in [6, 6.07) is 15.2. The lowest BCUT2D eigenvalue weighted by Gasteiger charge is -2.06. The smallest absolute Gasteiger partial charge is 0.0213 e. The lowest BCUT2D eigenvalue weighted by molar-refractivity contribution is 1.17. The summed E-state index contributed by atoms with van der Waals surface area (Å²) >= 11 is 3.62. The summed E-state index contributed by atoms with van der Waals surface area (Å²) in [6.45, 7) is 4.23. The average molecular weight is 275 g/mol. The molecule has 1 heteroatoms. The zero-order valence-corrected chi connectivity index (χ0v) is 11.2. The van der Waals surface area contributed by atoms with Crippen molar-refractivity contribution < 1.29 is 0 Å². The quantitative estimate of drug-likeness (QED) is 0.748. The summed E-state index contributed by atoms with van der Waals surface area (Å²) in [7, 11) is 0. The van der Waals surface area contributed by atoms with Crippen molar-refractivity contribution in [1.29, 1.82) is 0 Å². The summed E-state index contributed by atoms with van der Waals surface area (Å²) in [5, 5.41) is 0. The summed E-state index contributed by atoms with van der Waals surface area (Å²) in [5.74, 6) is 0. The molecule has 0 spiro atoms. The Morgan fingerprint density at radius 2 is 1.50 bits per heavy atom. The van der Waals surface area contributed by atoms with E-state index in [9.17, 15) is 0 Å². The van der Waals surface area contributed by atoms with Gasteiger partial charge in [0, 0.05) is 4.47 Å². The Hall–Kier alpha value is -1.08. The highest BCUT2D eigenvalue weighted by Gasteiger charge is 2.01. The molecule has 82 valence electrons. The molecule has 0 heterocycles. The van der Waals surface area contributed by atoms with Crippen LogP contribution in [0.15, 0.2) is 46.9 Å². The standard InChI is InChI=1S/C15H15Br/c1-11-3-6-13(7-4-11)10-14-8-5-12(2)9-15(14)16/h3-9H,10H2,1-2H3. The van der Waals surface area contributed by atoms with Crippen LogP contribution in [-0.2, 0) is 6.42 Å². The Labute approximate surface area is 105 Å². The molecule has 0 saturated carbocycles. The summed E-state index contributed by atoms with van der Waals surface area (Å²) in [6.07, 6.45) is 0.987. The SMILES string of the molecule is Cc1ccc(Cc2ccc(C)cc2Br)cc1. The van der Waals surface area contributed by atoms with Crippen molar-refractivity contribution in [3.63, 3.8) is 0 Å². The minimum absolute atomic E-state index is 0.987. The summed E-state index contributed by atoms with van der Waals surface area (Å²) < 4.78 is 1.20. The molecule has 0 aromatic heterocycles. The van der Waals surface area contributed by atoms with Gasteiger partial charge in [-0.2, -0.15) is 0 Å². The van der Waals surface area contributed by atoms with Crippen molar-refractivity contribution in [2.75, 3.05) is 0 Å². The summed E-state index contributed by atoms with van der Waals surface area (Å²) in [4.78, 5) is 0. The van der Waals surface area contributed by atoms with E-state index < -0.39 is 0 Å². The molecular weight excluding hydrogens is 260 g/mol. The molecule has 2 aromatic rings. The fourth-order valence-corrected chi connectivity index (χ4v) is 2.35. The van der Waals surface area contributed by atoms with E-state index in [1.54, 1.807) is 0 Å². The first-order valence-electron chi connectivity index (χ1n) is 5.46. The molecule has 2 aromatic carbocycles. The second-order valence-electron chi connectivity index (χ2n) is 4.26. The Balaban J connectivity index is 2.23. The van der Waals surface area contributed by atoms with Gasteiger partial charge >= 0.3 is 0 Å². The molecule has 0 amide bonds. The molecule has 0 aliphatic carbocycles. The van der Waals surface area contributed by atoms with Gasteiger partial charge in [-0.05, 0) is 43.0 Å². The predicted molar refractivity (Wildman–Crippen MR) is 72.9 cm³/mol. The van der Waals surface area contributed by atoms with Gasteiger partial charge in [0.1, 0.15) is 0 Å². The Bertz CT molecular complexity index is 483. The lowest BCUT2D eigenvalue weighted by Crippen LogP contribution is -1.90. The molecule has 0 radical (unpaired) electrons. The van der Waals surface area contributed by atoms with E-state index in [1.807, 2.05) is 0 Å². The van der Waals surface area contributed by atoms with Gasteiger partial charge in [0.2, 0.25) is 0 Å². The molecular formula is C15H15Br. The molecule has 0 fully saturated rings. The minimum Gasteiger partial charge on any atom is -0.0590 e.